The third kappa shape index (κ3) is 4.21. The second kappa shape index (κ2) is 8.17. The van der Waals surface area contributed by atoms with E-state index in [-0.39, 0.29) is 12.0 Å². The number of morpholine rings is 1. The molecule has 1 amide bonds. The Morgan fingerprint density at radius 3 is 3.12 bits per heavy atom. The highest BCUT2D eigenvalue weighted by Crippen LogP contribution is 2.19. The van der Waals surface area contributed by atoms with Gasteiger partial charge in [-0.15, -0.1) is 0 Å². The molecule has 0 bridgehead atoms. The van der Waals surface area contributed by atoms with Gasteiger partial charge in [0, 0.05) is 32.1 Å². The monoisotopic (exact) mass is 346 g/mol. The van der Waals surface area contributed by atoms with Crippen LogP contribution in [0.1, 0.15) is 33.9 Å². The van der Waals surface area contributed by atoms with Crippen molar-refractivity contribution in [2.75, 3.05) is 26.8 Å². The molecule has 1 aliphatic rings. The molecule has 0 unspecified atom stereocenters. The molecule has 0 N–H and O–H groups in total. The molecule has 134 valence electrons. The summed E-state index contributed by atoms with van der Waals surface area (Å²) in [6, 6.07) is 1.89. The fraction of sp³-hybridized carbons (Fsp3) is 0.529. The summed E-state index contributed by atoms with van der Waals surface area (Å²) in [5.41, 5.74) is 2.00. The molecular weight excluding hydrogens is 324 g/mol. The normalized spacial score (nSPS) is 17.7. The van der Waals surface area contributed by atoms with Crippen LogP contribution in [0.2, 0.25) is 0 Å². The van der Waals surface area contributed by atoms with Gasteiger partial charge in [0.2, 0.25) is 0 Å². The lowest BCUT2D eigenvalue weighted by molar-refractivity contribution is -0.0250. The molecule has 1 fully saturated rings. The molecule has 0 saturated carbocycles. The first-order chi connectivity index (χ1) is 12.2. The van der Waals surface area contributed by atoms with Crippen LogP contribution in [0.4, 0.5) is 0 Å². The first-order valence-electron chi connectivity index (χ1n) is 8.29. The van der Waals surface area contributed by atoms with Crippen LogP contribution >= 0.6 is 0 Å². The number of ether oxygens (including phenoxy) is 2. The first kappa shape index (κ1) is 17.5. The van der Waals surface area contributed by atoms with Crippen LogP contribution in [-0.2, 0) is 22.5 Å². The zero-order chi connectivity index (χ0) is 17.6. The number of carbonyl (C=O) groups is 1. The minimum absolute atomic E-state index is 0.0217. The fourth-order valence-electron chi connectivity index (χ4n) is 2.88. The van der Waals surface area contributed by atoms with Gasteiger partial charge in [-0.3, -0.25) is 4.79 Å². The lowest BCUT2D eigenvalue weighted by Gasteiger charge is -2.32. The van der Waals surface area contributed by atoms with E-state index < -0.39 is 0 Å². The Balaban J connectivity index is 1.62. The molecule has 3 rings (SSSR count). The van der Waals surface area contributed by atoms with E-state index >= 15 is 0 Å². The minimum atomic E-state index is -0.140. The van der Waals surface area contributed by atoms with Crippen LogP contribution in [0.3, 0.4) is 0 Å². The highest BCUT2D eigenvalue weighted by Gasteiger charge is 2.29. The molecule has 8 heteroatoms. The zero-order valence-corrected chi connectivity index (χ0v) is 14.5. The van der Waals surface area contributed by atoms with E-state index in [0.29, 0.717) is 43.3 Å². The number of carbonyl (C=O) groups excluding carboxylic acids is 1. The second-order valence-electron chi connectivity index (χ2n) is 5.98. The Labute approximate surface area is 146 Å². The molecule has 0 radical (unpaired) electrons. The molecule has 1 saturated heterocycles. The van der Waals surface area contributed by atoms with Gasteiger partial charge in [-0.25, -0.2) is 9.97 Å². The van der Waals surface area contributed by atoms with Crippen LogP contribution in [0.25, 0.3) is 0 Å². The van der Waals surface area contributed by atoms with Crippen LogP contribution in [0, 0.1) is 6.92 Å². The molecule has 1 atom stereocenters. The van der Waals surface area contributed by atoms with Crippen molar-refractivity contribution in [1.29, 1.82) is 0 Å². The third-order valence-electron chi connectivity index (χ3n) is 4.27. The van der Waals surface area contributed by atoms with Crippen LogP contribution in [0.15, 0.2) is 23.1 Å². The SMILES string of the molecule is COCc1c(C(=O)N2CCO[C@H](CCc3ccncn3)C2)noc1C. The maximum atomic E-state index is 12.8. The summed E-state index contributed by atoms with van der Waals surface area (Å²) >= 11 is 0. The topological polar surface area (TPSA) is 90.6 Å². The third-order valence-corrected chi connectivity index (χ3v) is 4.27. The summed E-state index contributed by atoms with van der Waals surface area (Å²) < 4.78 is 16.1. The summed E-state index contributed by atoms with van der Waals surface area (Å²) in [6.45, 7) is 3.67. The van der Waals surface area contributed by atoms with Crippen LogP contribution in [-0.4, -0.2) is 58.8 Å². The lowest BCUT2D eigenvalue weighted by atomic mass is 10.1. The Morgan fingerprint density at radius 1 is 1.48 bits per heavy atom. The number of nitrogens with zero attached hydrogens (tertiary/aromatic N) is 4. The summed E-state index contributed by atoms with van der Waals surface area (Å²) in [4.78, 5) is 22.7. The second-order valence-corrected chi connectivity index (χ2v) is 5.98. The first-order valence-corrected chi connectivity index (χ1v) is 8.29. The number of methoxy groups -OCH3 is 1. The van der Waals surface area contributed by atoms with Crippen LogP contribution < -0.4 is 0 Å². The van der Waals surface area contributed by atoms with Crippen LogP contribution in [0.5, 0.6) is 0 Å². The molecule has 25 heavy (non-hydrogen) atoms. The van der Waals surface area contributed by atoms with Crippen molar-refractivity contribution in [3.8, 4) is 0 Å². The number of hydrogen-bond acceptors (Lipinski definition) is 7. The van der Waals surface area contributed by atoms with E-state index in [9.17, 15) is 4.79 Å². The van der Waals surface area contributed by atoms with Crippen molar-refractivity contribution < 1.29 is 18.8 Å². The van der Waals surface area contributed by atoms with E-state index in [0.717, 1.165) is 18.5 Å². The summed E-state index contributed by atoms with van der Waals surface area (Å²) in [7, 11) is 1.58. The quantitative estimate of drug-likeness (QED) is 0.780. The number of amides is 1. The smallest absolute Gasteiger partial charge is 0.276 e. The number of rotatable bonds is 6. The highest BCUT2D eigenvalue weighted by atomic mass is 16.5. The van der Waals surface area contributed by atoms with E-state index in [4.69, 9.17) is 14.0 Å². The molecule has 8 nitrogen and oxygen atoms in total. The molecule has 2 aromatic heterocycles. The van der Waals surface area contributed by atoms with Crippen molar-refractivity contribution >= 4 is 5.91 Å². The van der Waals surface area contributed by atoms with Crippen molar-refractivity contribution in [1.82, 2.24) is 20.0 Å². The van der Waals surface area contributed by atoms with Crippen molar-refractivity contribution in [2.45, 2.75) is 32.5 Å². The van der Waals surface area contributed by atoms with Gasteiger partial charge in [-0.2, -0.15) is 0 Å². The van der Waals surface area contributed by atoms with Crippen molar-refractivity contribution in [2.24, 2.45) is 0 Å². The maximum Gasteiger partial charge on any atom is 0.276 e. The van der Waals surface area contributed by atoms with E-state index in [1.165, 1.54) is 6.33 Å². The van der Waals surface area contributed by atoms with Gasteiger partial charge >= 0.3 is 0 Å². The van der Waals surface area contributed by atoms with Gasteiger partial charge in [0.05, 0.1) is 24.9 Å². The average molecular weight is 346 g/mol. The molecule has 0 aromatic carbocycles. The van der Waals surface area contributed by atoms with Crippen molar-refractivity contribution in [3.63, 3.8) is 0 Å². The largest absolute Gasteiger partial charge is 0.380 e. The summed E-state index contributed by atoms with van der Waals surface area (Å²) in [5.74, 6) is 0.470. The van der Waals surface area contributed by atoms with Gasteiger partial charge in [-0.1, -0.05) is 5.16 Å². The van der Waals surface area contributed by atoms with E-state index in [1.807, 2.05) is 6.07 Å². The molecular formula is C17H22N4O4. The summed E-state index contributed by atoms with van der Waals surface area (Å²) in [6.07, 6.45) is 4.82. The van der Waals surface area contributed by atoms with Gasteiger partial charge < -0.3 is 18.9 Å². The maximum absolute atomic E-state index is 12.8. The predicted molar refractivity (Wildman–Crippen MR) is 87.9 cm³/mol. The number of aromatic nitrogens is 3. The van der Waals surface area contributed by atoms with Gasteiger partial charge in [-0.05, 0) is 25.8 Å². The molecule has 0 aliphatic carbocycles. The van der Waals surface area contributed by atoms with Gasteiger partial charge in [0.1, 0.15) is 12.1 Å². The minimum Gasteiger partial charge on any atom is -0.380 e. The number of aryl methyl sites for hydroxylation is 2. The molecule has 2 aromatic rings. The van der Waals surface area contributed by atoms with Gasteiger partial charge in [0.25, 0.3) is 5.91 Å². The number of hydrogen-bond donors (Lipinski definition) is 0. The van der Waals surface area contributed by atoms with E-state index in [1.54, 1.807) is 25.1 Å². The average Bonchev–Trinajstić information content (AvgIpc) is 3.01. The highest BCUT2D eigenvalue weighted by molar-refractivity contribution is 5.93. The molecule has 3 heterocycles. The Bertz CT molecular complexity index is 704. The fourth-order valence-corrected chi connectivity index (χ4v) is 2.88. The summed E-state index contributed by atoms with van der Waals surface area (Å²) in [5, 5.41) is 3.92. The zero-order valence-electron chi connectivity index (χ0n) is 14.5. The van der Waals surface area contributed by atoms with Crippen molar-refractivity contribution in [3.05, 3.63) is 41.3 Å². The standard InChI is InChI=1S/C17H22N4O4/c1-12-15(10-23-2)16(20-25-12)17(22)21-7-8-24-14(9-21)4-3-13-5-6-18-11-19-13/h5-6,11,14H,3-4,7-10H2,1-2H3/t14-/m1/s1. The lowest BCUT2D eigenvalue weighted by Crippen LogP contribution is -2.46. The molecule has 1 aliphatic heterocycles. The Morgan fingerprint density at radius 2 is 2.36 bits per heavy atom. The van der Waals surface area contributed by atoms with E-state index in [2.05, 4.69) is 15.1 Å². The Kier molecular flexibility index (Phi) is 5.72. The predicted octanol–water partition coefficient (Wildman–Crippen LogP) is 1.39. The molecule has 0 spiro atoms. The van der Waals surface area contributed by atoms with Gasteiger partial charge in [0.15, 0.2) is 5.69 Å². The Hall–Kier alpha value is -2.32.